The van der Waals surface area contributed by atoms with Gasteiger partial charge >= 0.3 is 0 Å². The highest BCUT2D eigenvalue weighted by atomic mass is 79.9. The molecule has 1 atom stereocenters. The van der Waals surface area contributed by atoms with Gasteiger partial charge in [0.2, 0.25) is 0 Å². The minimum atomic E-state index is 0.443. The van der Waals surface area contributed by atoms with Crippen LogP contribution in [0.5, 0.6) is 0 Å². The van der Waals surface area contributed by atoms with Gasteiger partial charge in [0.15, 0.2) is 0 Å². The van der Waals surface area contributed by atoms with E-state index in [4.69, 9.17) is 4.42 Å². The maximum absolute atomic E-state index is 5.39. The summed E-state index contributed by atoms with van der Waals surface area (Å²) in [6, 6.07) is 0.443. The van der Waals surface area contributed by atoms with Crippen molar-refractivity contribution in [1.82, 2.24) is 9.88 Å². The number of aryl methyl sites for hydroxylation is 1. The molecule has 1 aliphatic heterocycles. The molecule has 0 N–H and O–H groups in total. The van der Waals surface area contributed by atoms with Crippen LogP contribution in [0.1, 0.15) is 36.8 Å². The lowest BCUT2D eigenvalue weighted by molar-refractivity contribution is 0.182. The summed E-state index contributed by atoms with van der Waals surface area (Å²) in [6.45, 7) is 3.14. The predicted molar refractivity (Wildman–Crippen MR) is 58.2 cm³/mol. The zero-order chi connectivity index (χ0) is 10.1. The SMILES string of the molecule is Cc1oc(Br)nc1C1CCCCN1C. The molecule has 0 aliphatic carbocycles. The van der Waals surface area contributed by atoms with Crippen molar-refractivity contribution in [2.24, 2.45) is 0 Å². The van der Waals surface area contributed by atoms with Crippen LogP contribution in [0.15, 0.2) is 9.22 Å². The standard InChI is InChI=1S/C10H15BrN2O/c1-7-9(12-10(11)14-7)8-5-3-4-6-13(8)2/h8H,3-6H2,1-2H3. The van der Waals surface area contributed by atoms with Gasteiger partial charge in [-0.1, -0.05) is 6.42 Å². The molecule has 4 heteroatoms. The normalized spacial score (nSPS) is 24.1. The van der Waals surface area contributed by atoms with E-state index in [-0.39, 0.29) is 0 Å². The summed E-state index contributed by atoms with van der Waals surface area (Å²) in [7, 11) is 2.16. The minimum Gasteiger partial charge on any atom is -0.436 e. The van der Waals surface area contributed by atoms with E-state index in [1.807, 2.05) is 6.92 Å². The van der Waals surface area contributed by atoms with E-state index in [0.717, 1.165) is 18.0 Å². The Morgan fingerprint density at radius 3 is 2.86 bits per heavy atom. The van der Waals surface area contributed by atoms with Crippen LogP contribution in [0.2, 0.25) is 0 Å². The monoisotopic (exact) mass is 258 g/mol. The molecule has 1 saturated heterocycles. The molecule has 78 valence electrons. The molecular weight excluding hydrogens is 244 g/mol. The first-order valence-corrected chi connectivity index (χ1v) is 5.81. The molecule has 1 fully saturated rings. The molecule has 0 radical (unpaired) electrons. The fourth-order valence-electron chi connectivity index (χ4n) is 2.10. The smallest absolute Gasteiger partial charge is 0.264 e. The number of oxazole rings is 1. The molecule has 0 saturated carbocycles. The Morgan fingerprint density at radius 1 is 1.50 bits per heavy atom. The van der Waals surface area contributed by atoms with Crippen LogP contribution in [0, 0.1) is 6.92 Å². The number of rotatable bonds is 1. The number of nitrogens with zero attached hydrogens (tertiary/aromatic N) is 2. The average Bonchev–Trinajstić information content (AvgIpc) is 2.46. The highest BCUT2D eigenvalue weighted by molar-refractivity contribution is 9.10. The zero-order valence-corrected chi connectivity index (χ0v) is 10.2. The Kier molecular flexibility index (Phi) is 2.93. The molecule has 14 heavy (non-hydrogen) atoms. The van der Waals surface area contributed by atoms with Gasteiger partial charge < -0.3 is 4.42 Å². The number of piperidine rings is 1. The fourth-order valence-corrected chi connectivity index (χ4v) is 2.54. The van der Waals surface area contributed by atoms with E-state index in [0.29, 0.717) is 10.8 Å². The van der Waals surface area contributed by atoms with E-state index in [9.17, 15) is 0 Å². The molecule has 0 bridgehead atoms. The quantitative estimate of drug-likeness (QED) is 0.776. The molecule has 0 spiro atoms. The third-order valence-electron chi connectivity index (χ3n) is 2.89. The molecule has 1 unspecified atom stereocenters. The predicted octanol–water partition coefficient (Wildman–Crippen LogP) is 2.90. The first kappa shape index (κ1) is 10.2. The maximum atomic E-state index is 5.39. The molecule has 3 nitrogen and oxygen atoms in total. The zero-order valence-electron chi connectivity index (χ0n) is 8.59. The van der Waals surface area contributed by atoms with E-state index in [1.54, 1.807) is 0 Å². The van der Waals surface area contributed by atoms with Crippen LogP contribution in [-0.4, -0.2) is 23.5 Å². The Morgan fingerprint density at radius 2 is 2.29 bits per heavy atom. The Labute approximate surface area is 92.6 Å². The molecule has 2 heterocycles. The Balaban J connectivity index is 2.24. The highest BCUT2D eigenvalue weighted by Gasteiger charge is 2.25. The summed E-state index contributed by atoms with van der Waals surface area (Å²) in [6.07, 6.45) is 3.78. The minimum absolute atomic E-state index is 0.443. The van der Waals surface area contributed by atoms with Gasteiger partial charge in [0.05, 0.1) is 6.04 Å². The summed E-state index contributed by atoms with van der Waals surface area (Å²) in [4.78, 5) is 7.36. The molecule has 0 amide bonds. The van der Waals surface area contributed by atoms with Gasteiger partial charge in [-0.3, -0.25) is 4.90 Å². The number of hydrogen-bond acceptors (Lipinski definition) is 3. The Bertz CT molecular complexity index is 324. The summed E-state index contributed by atoms with van der Waals surface area (Å²) >= 11 is 3.27. The molecule has 1 aromatic rings. The molecule has 2 rings (SSSR count). The number of hydrogen-bond donors (Lipinski definition) is 0. The summed E-state index contributed by atoms with van der Waals surface area (Å²) in [5.74, 6) is 0.940. The van der Waals surface area contributed by atoms with Gasteiger partial charge in [0.25, 0.3) is 4.80 Å². The van der Waals surface area contributed by atoms with E-state index < -0.39 is 0 Å². The van der Waals surface area contributed by atoms with Gasteiger partial charge in [-0.05, 0) is 33.4 Å². The third-order valence-corrected chi connectivity index (χ3v) is 3.23. The van der Waals surface area contributed by atoms with Crippen LogP contribution in [-0.2, 0) is 0 Å². The highest BCUT2D eigenvalue weighted by Crippen LogP contribution is 2.31. The lowest BCUT2D eigenvalue weighted by atomic mass is 9.99. The van der Waals surface area contributed by atoms with Gasteiger partial charge in [-0.15, -0.1) is 0 Å². The summed E-state index contributed by atoms with van der Waals surface area (Å²) in [5, 5.41) is 0. The number of halogens is 1. The first-order valence-electron chi connectivity index (χ1n) is 5.01. The molecule has 1 aromatic heterocycles. The second-order valence-electron chi connectivity index (χ2n) is 3.90. The Hall–Kier alpha value is -0.350. The fraction of sp³-hybridized carbons (Fsp3) is 0.700. The largest absolute Gasteiger partial charge is 0.436 e. The van der Waals surface area contributed by atoms with Gasteiger partial charge in [0, 0.05) is 15.9 Å². The van der Waals surface area contributed by atoms with Gasteiger partial charge in [-0.25, -0.2) is 4.98 Å². The molecular formula is C10H15BrN2O. The van der Waals surface area contributed by atoms with E-state index in [2.05, 4.69) is 32.9 Å². The lowest BCUT2D eigenvalue weighted by Gasteiger charge is -2.31. The molecule has 1 aliphatic rings. The van der Waals surface area contributed by atoms with Crippen LogP contribution >= 0.6 is 15.9 Å². The van der Waals surface area contributed by atoms with Crippen LogP contribution in [0.3, 0.4) is 0 Å². The number of likely N-dealkylation sites (tertiary alicyclic amines) is 1. The van der Waals surface area contributed by atoms with E-state index in [1.165, 1.54) is 19.3 Å². The lowest BCUT2D eigenvalue weighted by Crippen LogP contribution is -2.30. The topological polar surface area (TPSA) is 29.3 Å². The first-order chi connectivity index (χ1) is 6.68. The summed E-state index contributed by atoms with van der Waals surface area (Å²) in [5.41, 5.74) is 1.10. The van der Waals surface area contributed by atoms with Crippen molar-refractivity contribution in [2.75, 3.05) is 13.6 Å². The van der Waals surface area contributed by atoms with E-state index >= 15 is 0 Å². The summed E-state index contributed by atoms with van der Waals surface area (Å²) < 4.78 is 5.39. The van der Waals surface area contributed by atoms with Crippen molar-refractivity contribution >= 4 is 15.9 Å². The second kappa shape index (κ2) is 4.03. The van der Waals surface area contributed by atoms with Crippen LogP contribution in [0.4, 0.5) is 0 Å². The third kappa shape index (κ3) is 1.86. The van der Waals surface area contributed by atoms with Gasteiger partial charge in [0.1, 0.15) is 11.5 Å². The van der Waals surface area contributed by atoms with Gasteiger partial charge in [-0.2, -0.15) is 0 Å². The second-order valence-corrected chi connectivity index (χ2v) is 4.58. The van der Waals surface area contributed by atoms with Crippen molar-refractivity contribution in [2.45, 2.75) is 32.2 Å². The van der Waals surface area contributed by atoms with Crippen molar-refractivity contribution in [1.29, 1.82) is 0 Å². The van der Waals surface area contributed by atoms with Crippen molar-refractivity contribution in [3.63, 3.8) is 0 Å². The van der Waals surface area contributed by atoms with Crippen LogP contribution in [0.25, 0.3) is 0 Å². The van der Waals surface area contributed by atoms with Crippen molar-refractivity contribution in [3.05, 3.63) is 16.3 Å². The van der Waals surface area contributed by atoms with Crippen molar-refractivity contribution < 1.29 is 4.42 Å². The van der Waals surface area contributed by atoms with Crippen LogP contribution < -0.4 is 0 Å². The van der Waals surface area contributed by atoms with Crippen molar-refractivity contribution in [3.8, 4) is 0 Å². The number of aromatic nitrogens is 1. The average molecular weight is 259 g/mol. The molecule has 0 aromatic carbocycles. The maximum Gasteiger partial charge on any atom is 0.264 e.